The van der Waals surface area contributed by atoms with E-state index in [0.29, 0.717) is 25.1 Å². The smallest absolute Gasteiger partial charge is 0.290 e. The molecule has 194 valence electrons. The number of carbonyl (C=O) groups is 3. The van der Waals surface area contributed by atoms with Crippen molar-refractivity contribution in [3.63, 3.8) is 0 Å². The van der Waals surface area contributed by atoms with Gasteiger partial charge in [0.05, 0.1) is 22.4 Å². The number of benzene rings is 1. The average molecular weight is 518 g/mol. The fraction of sp³-hybridized carbons (Fsp3) is 0.538. The van der Waals surface area contributed by atoms with Gasteiger partial charge in [-0.05, 0) is 50.7 Å². The molecule has 1 aliphatic heterocycles. The van der Waals surface area contributed by atoms with E-state index in [1.165, 1.54) is 22.0 Å². The maximum absolute atomic E-state index is 14.6. The number of halogens is 2. The van der Waals surface area contributed by atoms with Gasteiger partial charge in [-0.1, -0.05) is 43.9 Å². The number of amides is 3. The Balaban J connectivity index is 1.62. The van der Waals surface area contributed by atoms with Crippen molar-refractivity contribution >= 4 is 29.3 Å². The van der Waals surface area contributed by atoms with Crippen molar-refractivity contribution in [2.45, 2.75) is 71.3 Å². The third-order valence-corrected chi connectivity index (χ3v) is 7.64. The third kappa shape index (κ3) is 5.56. The SMILES string of the molecule is Cc1c(C(=O)NN2C(=O)[C@H](C)CCCCC(=O)NCC3CCCCC32)ncn1-c1cccc(Cl)c1F. The number of carbonyl (C=O) groups excluding carboxylic acids is 3. The van der Waals surface area contributed by atoms with Crippen molar-refractivity contribution in [1.29, 1.82) is 0 Å². The Kier molecular flexibility index (Phi) is 8.28. The number of hydrazine groups is 1. The highest BCUT2D eigenvalue weighted by Gasteiger charge is 2.37. The highest BCUT2D eigenvalue weighted by Crippen LogP contribution is 2.30. The van der Waals surface area contributed by atoms with Gasteiger partial charge in [0, 0.05) is 18.9 Å². The first-order valence-corrected chi connectivity index (χ1v) is 13.0. The van der Waals surface area contributed by atoms with Crippen LogP contribution in [0.1, 0.15) is 74.5 Å². The number of fused-ring (bicyclic) bond motifs is 1. The molecule has 3 amide bonds. The molecule has 0 radical (unpaired) electrons. The predicted molar refractivity (Wildman–Crippen MR) is 134 cm³/mol. The molecule has 36 heavy (non-hydrogen) atoms. The van der Waals surface area contributed by atoms with Crippen LogP contribution < -0.4 is 10.7 Å². The number of imidazole rings is 1. The van der Waals surface area contributed by atoms with Crippen molar-refractivity contribution in [3.05, 3.63) is 46.8 Å². The number of aromatic nitrogens is 2. The van der Waals surface area contributed by atoms with Crippen LogP contribution in [-0.4, -0.2) is 44.9 Å². The van der Waals surface area contributed by atoms with Gasteiger partial charge in [-0.15, -0.1) is 0 Å². The molecule has 0 spiro atoms. The molecule has 2 aromatic rings. The minimum atomic E-state index is -0.606. The fourth-order valence-electron chi connectivity index (χ4n) is 5.21. The third-order valence-electron chi connectivity index (χ3n) is 7.35. The summed E-state index contributed by atoms with van der Waals surface area (Å²) in [5.74, 6) is -1.50. The van der Waals surface area contributed by atoms with Gasteiger partial charge in [0.15, 0.2) is 11.5 Å². The Hall–Kier alpha value is -2.94. The van der Waals surface area contributed by atoms with Crippen LogP contribution in [0.3, 0.4) is 0 Å². The van der Waals surface area contributed by atoms with Crippen LogP contribution in [0.5, 0.6) is 0 Å². The van der Waals surface area contributed by atoms with Gasteiger partial charge < -0.3 is 5.32 Å². The highest BCUT2D eigenvalue weighted by atomic mass is 35.5. The van der Waals surface area contributed by atoms with E-state index in [0.717, 1.165) is 38.5 Å². The van der Waals surface area contributed by atoms with E-state index in [-0.39, 0.29) is 46.1 Å². The van der Waals surface area contributed by atoms with Crippen LogP contribution in [0, 0.1) is 24.6 Å². The molecular formula is C26H33ClFN5O3. The van der Waals surface area contributed by atoms with Gasteiger partial charge in [-0.3, -0.25) is 29.4 Å². The summed E-state index contributed by atoms with van der Waals surface area (Å²) in [6.45, 7) is 4.01. The van der Waals surface area contributed by atoms with E-state index >= 15 is 0 Å². The first-order chi connectivity index (χ1) is 17.3. The maximum Gasteiger partial charge on any atom is 0.290 e. The van der Waals surface area contributed by atoms with E-state index in [9.17, 15) is 18.8 Å². The minimum Gasteiger partial charge on any atom is -0.356 e. The van der Waals surface area contributed by atoms with Crippen LogP contribution in [-0.2, 0) is 9.59 Å². The van der Waals surface area contributed by atoms with Crippen LogP contribution in [0.25, 0.3) is 5.69 Å². The second-order valence-electron chi connectivity index (χ2n) is 9.83. The van der Waals surface area contributed by atoms with Crippen molar-refractivity contribution in [2.24, 2.45) is 11.8 Å². The second kappa shape index (κ2) is 11.4. The molecule has 2 N–H and O–H groups in total. The van der Waals surface area contributed by atoms with Gasteiger partial charge in [-0.25, -0.2) is 9.37 Å². The summed E-state index contributed by atoms with van der Waals surface area (Å²) in [4.78, 5) is 43.5. The lowest BCUT2D eigenvalue weighted by molar-refractivity contribution is -0.143. The van der Waals surface area contributed by atoms with Crippen molar-refractivity contribution in [2.75, 3.05) is 6.54 Å². The quantitative estimate of drug-likeness (QED) is 0.633. The van der Waals surface area contributed by atoms with E-state index in [4.69, 9.17) is 11.6 Å². The predicted octanol–water partition coefficient (Wildman–Crippen LogP) is 4.33. The number of hydrogen-bond acceptors (Lipinski definition) is 4. The molecule has 1 aromatic heterocycles. The van der Waals surface area contributed by atoms with E-state index in [1.54, 1.807) is 19.1 Å². The molecule has 1 aromatic carbocycles. The molecule has 4 rings (SSSR count). The second-order valence-corrected chi connectivity index (χ2v) is 10.2. The highest BCUT2D eigenvalue weighted by molar-refractivity contribution is 6.30. The molecule has 1 saturated carbocycles. The van der Waals surface area contributed by atoms with E-state index in [2.05, 4.69) is 15.7 Å². The summed E-state index contributed by atoms with van der Waals surface area (Å²) in [6, 6.07) is 4.40. The summed E-state index contributed by atoms with van der Waals surface area (Å²) >= 11 is 5.94. The molecule has 3 atom stereocenters. The number of hydrogen-bond donors (Lipinski definition) is 2. The first-order valence-electron chi connectivity index (χ1n) is 12.7. The lowest BCUT2D eigenvalue weighted by Crippen LogP contribution is -2.58. The largest absolute Gasteiger partial charge is 0.356 e. The molecule has 2 unspecified atom stereocenters. The zero-order valence-corrected chi connectivity index (χ0v) is 21.5. The van der Waals surface area contributed by atoms with Crippen LogP contribution in [0.15, 0.2) is 24.5 Å². The molecule has 8 nitrogen and oxygen atoms in total. The standard InChI is InChI=1S/C26H33ClFN5O3/c1-16-8-3-6-13-22(34)29-14-18-9-4-5-11-20(18)33(26(16)36)31-25(35)24-17(2)32(15-30-24)21-12-7-10-19(27)23(21)28/h7,10,12,15-16,18,20H,3-6,8-9,11,13-14H2,1-2H3,(H,29,34)(H,31,35)/t16-,18?,20?/m1/s1. The lowest BCUT2D eigenvalue weighted by atomic mass is 9.83. The normalized spacial score (nSPS) is 23.8. The molecule has 2 aliphatic rings. The van der Waals surface area contributed by atoms with Gasteiger partial charge in [0.2, 0.25) is 11.8 Å². The molecule has 10 heteroatoms. The fourth-order valence-corrected chi connectivity index (χ4v) is 5.38. The zero-order chi connectivity index (χ0) is 25.8. The van der Waals surface area contributed by atoms with Gasteiger partial charge in [-0.2, -0.15) is 0 Å². The van der Waals surface area contributed by atoms with Gasteiger partial charge in [0.25, 0.3) is 5.91 Å². The Morgan fingerprint density at radius 1 is 1.17 bits per heavy atom. The minimum absolute atomic E-state index is 0.0269. The van der Waals surface area contributed by atoms with Crippen molar-refractivity contribution in [1.82, 2.24) is 25.3 Å². The van der Waals surface area contributed by atoms with Crippen LogP contribution >= 0.6 is 11.6 Å². The number of nitrogens with zero attached hydrogens (tertiary/aromatic N) is 3. The van der Waals surface area contributed by atoms with Crippen molar-refractivity contribution < 1.29 is 18.8 Å². The van der Waals surface area contributed by atoms with Crippen LogP contribution in [0.2, 0.25) is 5.02 Å². The van der Waals surface area contributed by atoms with Crippen LogP contribution in [0.4, 0.5) is 4.39 Å². The Bertz CT molecular complexity index is 1140. The zero-order valence-electron chi connectivity index (χ0n) is 20.7. The molecule has 0 bridgehead atoms. The Morgan fingerprint density at radius 2 is 1.92 bits per heavy atom. The van der Waals surface area contributed by atoms with Gasteiger partial charge >= 0.3 is 0 Å². The number of rotatable bonds is 3. The summed E-state index contributed by atoms with van der Waals surface area (Å²) in [5, 5.41) is 4.48. The molecule has 2 fully saturated rings. The average Bonchev–Trinajstić information content (AvgIpc) is 3.25. The Labute approximate surface area is 215 Å². The molecule has 1 aliphatic carbocycles. The molecular weight excluding hydrogens is 485 g/mol. The lowest BCUT2D eigenvalue weighted by Gasteiger charge is -2.41. The van der Waals surface area contributed by atoms with E-state index < -0.39 is 11.7 Å². The van der Waals surface area contributed by atoms with E-state index in [1.807, 2.05) is 6.92 Å². The van der Waals surface area contributed by atoms with Gasteiger partial charge in [0.1, 0.15) is 6.33 Å². The maximum atomic E-state index is 14.6. The topological polar surface area (TPSA) is 96.3 Å². The van der Waals surface area contributed by atoms with Crippen molar-refractivity contribution in [3.8, 4) is 5.69 Å². The summed E-state index contributed by atoms with van der Waals surface area (Å²) in [5.41, 5.74) is 3.56. The first kappa shape index (κ1) is 26.1. The summed E-state index contributed by atoms with van der Waals surface area (Å²) in [6.07, 6.45) is 7.50. The molecule has 1 saturated heterocycles. The Morgan fingerprint density at radius 3 is 2.72 bits per heavy atom. The number of nitrogens with one attached hydrogen (secondary N) is 2. The summed E-state index contributed by atoms with van der Waals surface area (Å²) in [7, 11) is 0. The molecule has 2 heterocycles. The summed E-state index contributed by atoms with van der Waals surface area (Å²) < 4.78 is 16.1. The monoisotopic (exact) mass is 517 g/mol.